The molecule has 106 valence electrons. The molecule has 1 aliphatic carbocycles. The molecule has 1 aliphatic heterocycles. The lowest BCUT2D eigenvalue weighted by Gasteiger charge is -2.32. The number of rotatable bonds is 4. The Morgan fingerprint density at radius 1 is 1.30 bits per heavy atom. The number of fused-ring (bicyclic) bond motifs is 1. The maximum absolute atomic E-state index is 6.12. The summed E-state index contributed by atoms with van der Waals surface area (Å²) in [4.78, 5) is 0. The van der Waals surface area contributed by atoms with Gasteiger partial charge in [0, 0.05) is 22.1 Å². The van der Waals surface area contributed by atoms with E-state index in [4.69, 9.17) is 4.74 Å². The van der Waals surface area contributed by atoms with E-state index in [0.29, 0.717) is 11.5 Å². The van der Waals surface area contributed by atoms with Gasteiger partial charge in [-0.3, -0.25) is 0 Å². The molecule has 1 saturated heterocycles. The monoisotopic (exact) mass is 350 g/mol. The van der Waals surface area contributed by atoms with Crippen LogP contribution < -0.4 is 0 Å². The third-order valence-corrected chi connectivity index (χ3v) is 7.05. The van der Waals surface area contributed by atoms with Crippen LogP contribution in [0.1, 0.15) is 24.8 Å². The summed E-state index contributed by atoms with van der Waals surface area (Å²) in [5.74, 6) is 0.819. The van der Waals surface area contributed by atoms with Crippen LogP contribution in [0.15, 0.2) is 29.6 Å². The summed E-state index contributed by atoms with van der Waals surface area (Å²) >= 11 is 5.68. The van der Waals surface area contributed by atoms with Crippen molar-refractivity contribution in [3.05, 3.63) is 35.2 Å². The minimum absolute atomic E-state index is 0.311. The van der Waals surface area contributed by atoms with Crippen molar-refractivity contribution in [1.82, 2.24) is 0 Å². The largest absolute Gasteiger partial charge is 0.377 e. The molecule has 2 aliphatic rings. The smallest absolute Gasteiger partial charge is 0.0671 e. The molecule has 0 N–H and O–H groups in total. The third kappa shape index (κ3) is 2.15. The lowest BCUT2D eigenvalue weighted by molar-refractivity contribution is 0.0415. The zero-order valence-electron chi connectivity index (χ0n) is 11.5. The molecule has 4 rings (SSSR count). The van der Waals surface area contributed by atoms with Gasteiger partial charge in [0.05, 0.1) is 6.10 Å². The number of hydrogen-bond acceptors (Lipinski definition) is 2. The molecule has 2 atom stereocenters. The molecular weight excluding hydrogens is 332 g/mol. The third-order valence-electron chi connectivity index (χ3n) is 4.92. The molecule has 1 saturated carbocycles. The highest BCUT2D eigenvalue weighted by Gasteiger charge is 2.50. The Kier molecular flexibility index (Phi) is 3.40. The van der Waals surface area contributed by atoms with Gasteiger partial charge in [0.2, 0.25) is 0 Å². The van der Waals surface area contributed by atoms with Crippen molar-refractivity contribution < 1.29 is 4.74 Å². The van der Waals surface area contributed by atoms with E-state index in [1.54, 1.807) is 0 Å². The quantitative estimate of drug-likeness (QED) is 0.703. The Morgan fingerprint density at radius 3 is 2.95 bits per heavy atom. The average molecular weight is 351 g/mol. The highest BCUT2D eigenvalue weighted by Crippen LogP contribution is 2.51. The first-order chi connectivity index (χ1) is 9.82. The number of alkyl halides is 1. The van der Waals surface area contributed by atoms with Gasteiger partial charge in [0.15, 0.2) is 0 Å². The lowest BCUT2D eigenvalue weighted by atomic mass is 9.76. The predicted molar refractivity (Wildman–Crippen MR) is 88.8 cm³/mol. The number of halogens is 1. The highest BCUT2D eigenvalue weighted by atomic mass is 79.9. The molecule has 20 heavy (non-hydrogen) atoms. The minimum atomic E-state index is 0.311. The summed E-state index contributed by atoms with van der Waals surface area (Å²) in [6, 6.07) is 8.79. The van der Waals surface area contributed by atoms with E-state index in [1.807, 2.05) is 11.3 Å². The summed E-state index contributed by atoms with van der Waals surface area (Å²) < 4.78 is 7.53. The van der Waals surface area contributed by atoms with Crippen LogP contribution in [0.25, 0.3) is 10.1 Å². The van der Waals surface area contributed by atoms with Gasteiger partial charge in [-0.1, -0.05) is 34.1 Å². The van der Waals surface area contributed by atoms with Gasteiger partial charge in [-0.2, -0.15) is 0 Å². The molecule has 2 heterocycles. The fraction of sp³-hybridized carbons (Fsp3) is 0.529. The number of thiophene rings is 1. The second-order valence-electron chi connectivity index (χ2n) is 6.31. The summed E-state index contributed by atoms with van der Waals surface area (Å²) in [6.45, 7) is 0.939. The number of ether oxygens (including phenoxy) is 1. The zero-order chi connectivity index (χ0) is 13.6. The Labute approximate surface area is 132 Å². The van der Waals surface area contributed by atoms with Crippen molar-refractivity contribution in [2.24, 2.45) is 11.3 Å². The first-order valence-electron chi connectivity index (χ1n) is 7.45. The normalized spacial score (nSPS) is 30.1. The predicted octanol–water partition coefficient (Wildman–Crippen LogP) is 5.02. The lowest BCUT2D eigenvalue weighted by Crippen LogP contribution is -2.36. The van der Waals surface area contributed by atoms with E-state index < -0.39 is 0 Å². The summed E-state index contributed by atoms with van der Waals surface area (Å²) in [5, 5.41) is 4.86. The van der Waals surface area contributed by atoms with E-state index in [-0.39, 0.29) is 0 Å². The molecule has 1 nitrogen and oxygen atoms in total. The zero-order valence-corrected chi connectivity index (χ0v) is 13.9. The van der Waals surface area contributed by atoms with Crippen molar-refractivity contribution in [2.45, 2.75) is 31.8 Å². The maximum Gasteiger partial charge on any atom is 0.0671 e. The Hall–Kier alpha value is -0.380. The van der Waals surface area contributed by atoms with Gasteiger partial charge >= 0.3 is 0 Å². The van der Waals surface area contributed by atoms with Crippen LogP contribution >= 0.6 is 27.3 Å². The highest BCUT2D eigenvalue weighted by molar-refractivity contribution is 9.09. The van der Waals surface area contributed by atoms with Crippen LogP contribution in [0, 0.1) is 11.3 Å². The van der Waals surface area contributed by atoms with Gasteiger partial charge in [-0.15, -0.1) is 11.3 Å². The Bertz CT molecular complexity index is 618. The van der Waals surface area contributed by atoms with Gasteiger partial charge < -0.3 is 4.74 Å². The Balaban J connectivity index is 1.68. The van der Waals surface area contributed by atoms with Gasteiger partial charge in [-0.25, -0.2) is 0 Å². The van der Waals surface area contributed by atoms with E-state index in [0.717, 1.165) is 24.3 Å². The van der Waals surface area contributed by atoms with Crippen LogP contribution in [0.5, 0.6) is 0 Å². The number of hydrogen-bond donors (Lipinski definition) is 0. The molecule has 2 aromatic rings. The van der Waals surface area contributed by atoms with Gasteiger partial charge in [0.1, 0.15) is 0 Å². The summed E-state index contributed by atoms with van der Waals surface area (Å²) in [5.41, 5.74) is 1.83. The molecule has 2 fully saturated rings. The first-order valence-corrected chi connectivity index (χ1v) is 9.45. The van der Waals surface area contributed by atoms with Crippen molar-refractivity contribution in [1.29, 1.82) is 0 Å². The van der Waals surface area contributed by atoms with E-state index in [2.05, 4.69) is 45.6 Å². The fourth-order valence-corrected chi connectivity index (χ4v) is 5.43. The summed E-state index contributed by atoms with van der Waals surface area (Å²) in [7, 11) is 0. The van der Waals surface area contributed by atoms with Crippen molar-refractivity contribution >= 4 is 37.4 Å². The van der Waals surface area contributed by atoms with Crippen LogP contribution in [0.3, 0.4) is 0 Å². The van der Waals surface area contributed by atoms with Gasteiger partial charge in [0.25, 0.3) is 0 Å². The van der Waals surface area contributed by atoms with Gasteiger partial charge in [-0.05, 0) is 54.0 Å². The van der Waals surface area contributed by atoms with E-state index in [1.165, 1.54) is 34.9 Å². The van der Waals surface area contributed by atoms with E-state index in [9.17, 15) is 0 Å². The molecule has 0 bridgehead atoms. The molecule has 0 amide bonds. The summed E-state index contributed by atoms with van der Waals surface area (Å²) in [6.07, 6.45) is 5.56. The first kappa shape index (κ1) is 13.3. The van der Waals surface area contributed by atoms with Crippen molar-refractivity contribution in [2.75, 3.05) is 11.9 Å². The molecule has 0 radical (unpaired) electrons. The number of benzene rings is 1. The Morgan fingerprint density at radius 2 is 2.15 bits per heavy atom. The van der Waals surface area contributed by atoms with Crippen molar-refractivity contribution in [3.8, 4) is 0 Å². The molecule has 0 spiro atoms. The fourth-order valence-electron chi connectivity index (χ4n) is 3.67. The van der Waals surface area contributed by atoms with Crippen LogP contribution in [0.4, 0.5) is 0 Å². The molecular formula is C17H19BrOS. The maximum atomic E-state index is 6.12. The van der Waals surface area contributed by atoms with Crippen LogP contribution in [0.2, 0.25) is 0 Å². The second-order valence-corrected chi connectivity index (χ2v) is 7.78. The molecule has 3 heteroatoms. The second kappa shape index (κ2) is 5.11. The van der Waals surface area contributed by atoms with Crippen LogP contribution in [-0.2, 0) is 11.2 Å². The average Bonchev–Trinajstić information content (AvgIpc) is 3.12. The molecule has 1 aromatic carbocycles. The SMILES string of the molecule is BrCC1(Cc2csc3ccccc23)CCOC1C1CC1. The molecule has 2 unspecified atom stereocenters. The topological polar surface area (TPSA) is 9.23 Å². The van der Waals surface area contributed by atoms with Crippen molar-refractivity contribution in [3.63, 3.8) is 0 Å². The molecule has 1 aromatic heterocycles. The van der Waals surface area contributed by atoms with E-state index >= 15 is 0 Å². The minimum Gasteiger partial charge on any atom is -0.377 e. The standard InChI is InChI=1S/C17H19BrOS/c18-11-17(7-8-19-16(17)12-5-6-12)9-13-10-20-15-4-2-1-3-14(13)15/h1-4,10,12,16H,5-9,11H2. The van der Waals surface area contributed by atoms with Crippen LogP contribution in [-0.4, -0.2) is 18.0 Å².